The first-order chi connectivity index (χ1) is 14.3. The van der Waals surface area contributed by atoms with Crippen LogP contribution in [0.25, 0.3) is 10.9 Å². The Hall–Kier alpha value is -2.68. The molecule has 0 radical (unpaired) electrons. The molecule has 0 fully saturated rings. The van der Waals surface area contributed by atoms with Gasteiger partial charge in [0.05, 0.1) is 10.9 Å². The predicted octanol–water partition coefficient (Wildman–Crippen LogP) is 2.13. The molecule has 2 heterocycles. The molecule has 0 unspecified atom stereocenters. The van der Waals surface area contributed by atoms with Crippen LogP contribution in [0.1, 0.15) is 37.6 Å². The topological polar surface area (TPSA) is 98.7 Å². The van der Waals surface area contributed by atoms with Gasteiger partial charge in [0, 0.05) is 24.8 Å². The summed E-state index contributed by atoms with van der Waals surface area (Å²) < 4.78 is 12.6. The molecule has 9 heteroatoms. The molecule has 0 saturated carbocycles. The number of pyridine rings is 1. The van der Waals surface area contributed by atoms with Crippen molar-refractivity contribution in [1.29, 1.82) is 0 Å². The van der Waals surface area contributed by atoms with Crippen LogP contribution < -0.4 is 25.5 Å². The molecule has 2 amide bonds. The number of hydrogen-bond acceptors (Lipinski definition) is 6. The number of nitrogens with zero attached hydrogens (tertiary/aromatic N) is 1. The van der Waals surface area contributed by atoms with Gasteiger partial charge in [0.25, 0.3) is 5.91 Å². The quantitative estimate of drug-likeness (QED) is 0.662. The molecule has 0 aliphatic carbocycles. The van der Waals surface area contributed by atoms with Gasteiger partial charge < -0.3 is 24.7 Å². The fourth-order valence-corrected chi connectivity index (χ4v) is 3.80. The number of fused-ring (bicyclic) bond motifs is 2. The highest BCUT2D eigenvalue weighted by atomic mass is 32.2. The normalized spacial score (nSPS) is 13.5. The third kappa shape index (κ3) is 4.56. The second-order valence-corrected chi connectivity index (χ2v) is 8.34. The van der Waals surface area contributed by atoms with Crippen molar-refractivity contribution >= 4 is 34.5 Å². The van der Waals surface area contributed by atoms with Crippen molar-refractivity contribution in [1.82, 2.24) is 15.2 Å². The molecule has 1 aromatic heterocycles. The minimum Gasteiger partial charge on any atom is -0.454 e. The first kappa shape index (κ1) is 22.0. The number of aryl methyl sites for hydroxylation is 1. The average Bonchev–Trinajstić information content (AvgIpc) is 3.17. The summed E-state index contributed by atoms with van der Waals surface area (Å²) >= 11 is 1.59. The van der Waals surface area contributed by atoms with Crippen LogP contribution in [0.4, 0.5) is 0 Å². The van der Waals surface area contributed by atoms with Gasteiger partial charge in [-0.15, -0.1) is 0 Å². The van der Waals surface area contributed by atoms with Crippen molar-refractivity contribution < 1.29 is 19.1 Å². The van der Waals surface area contributed by atoms with Crippen molar-refractivity contribution in [3.63, 3.8) is 0 Å². The van der Waals surface area contributed by atoms with Crippen molar-refractivity contribution in [3.05, 3.63) is 34.1 Å². The maximum Gasteiger partial charge on any atom is 0.257 e. The summed E-state index contributed by atoms with van der Waals surface area (Å²) in [6.45, 7) is 6.30. The standard InChI is InChI=1S/C21H27N3O5S/c1-5-24-10-14(19(25)13-8-17-18(9-16(13)24)29-11-28-17)20(26)23-15(6-7-30-4)21(27)22-12(2)3/h8-10,12,15H,5-7,11H2,1-4H3,(H,22,27)(H,23,26)/t15-/m0/s1. The number of thioether (sulfide) groups is 1. The zero-order valence-electron chi connectivity index (χ0n) is 17.6. The number of carbonyl (C=O) groups excluding carboxylic acids is 2. The van der Waals surface area contributed by atoms with Crippen LogP contribution in [-0.2, 0) is 11.3 Å². The second kappa shape index (κ2) is 9.42. The molecule has 0 spiro atoms. The summed E-state index contributed by atoms with van der Waals surface area (Å²) in [5.74, 6) is 0.938. The van der Waals surface area contributed by atoms with Crippen LogP contribution in [0.15, 0.2) is 23.1 Å². The molecule has 1 aromatic carbocycles. The number of benzene rings is 1. The van der Waals surface area contributed by atoms with Crippen LogP contribution in [0, 0.1) is 0 Å². The van der Waals surface area contributed by atoms with Gasteiger partial charge in [-0.2, -0.15) is 11.8 Å². The van der Waals surface area contributed by atoms with E-state index in [1.807, 2.05) is 31.6 Å². The fraction of sp³-hybridized carbons (Fsp3) is 0.476. The molecule has 0 saturated heterocycles. The highest BCUT2D eigenvalue weighted by Crippen LogP contribution is 2.35. The summed E-state index contributed by atoms with van der Waals surface area (Å²) in [6.07, 6.45) is 3.95. The van der Waals surface area contributed by atoms with E-state index in [2.05, 4.69) is 10.6 Å². The Bertz CT molecular complexity index is 1020. The molecule has 30 heavy (non-hydrogen) atoms. The van der Waals surface area contributed by atoms with Gasteiger partial charge in [-0.05, 0) is 45.3 Å². The van der Waals surface area contributed by atoms with Gasteiger partial charge in [0.15, 0.2) is 11.5 Å². The van der Waals surface area contributed by atoms with Crippen LogP contribution in [0.5, 0.6) is 11.5 Å². The number of ether oxygens (including phenoxy) is 2. The zero-order chi connectivity index (χ0) is 21.8. The van der Waals surface area contributed by atoms with E-state index in [0.29, 0.717) is 41.1 Å². The monoisotopic (exact) mass is 433 g/mol. The zero-order valence-corrected chi connectivity index (χ0v) is 18.4. The van der Waals surface area contributed by atoms with E-state index >= 15 is 0 Å². The minimum atomic E-state index is -0.714. The Balaban J connectivity index is 1.97. The lowest BCUT2D eigenvalue weighted by Gasteiger charge is -2.20. The molecular weight excluding hydrogens is 406 g/mol. The second-order valence-electron chi connectivity index (χ2n) is 7.35. The maximum atomic E-state index is 13.1. The Morgan fingerprint density at radius 3 is 2.53 bits per heavy atom. The Morgan fingerprint density at radius 2 is 1.90 bits per heavy atom. The van der Waals surface area contributed by atoms with Crippen LogP contribution >= 0.6 is 11.8 Å². The number of nitrogens with one attached hydrogen (secondary N) is 2. The highest BCUT2D eigenvalue weighted by molar-refractivity contribution is 7.98. The molecule has 162 valence electrons. The number of amides is 2. The van der Waals surface area contributed by atoms with Gasteiger partial charge in [-0.3, -0.25) is 14.4 Å². The number of aromatic nitrogens is 1. The first-order valence-electron chi connectivity index (χ1n) is 9.92. The molecule has 2 N–H and O–H groups in total. The van der Waals surface area contributed by atoms with Crippen molar-refractivity contribution in [2.75, 3.05) is 18.8 Å². The van der Waals surface area contributed by atoms with E-state index in [-0.39, 0.29) is 24.3 Å². The molecule has 3 rings (SSSR count). The molecule has 0 bridgehead atoms. The minimum absolute atomic E-state index is 0.00489. The summed E-state index contributed by atoms with van der Waals surface area (Å²) in [6, 6.07) is 2.60. The Kier molecular flexibility index (Phi) is 6.91. The lowest BCUT2D eigenvalue weighted by Crippen LogP contribution is -2.49. The van der Waals surface area contributed by atoms with Crippen LogP contribution in [-0.4, -0.2) is 47.3 Å². The Morgan fingerprint density at radius 1 is 1.20 bits per heavy atom. The van der Waals surface area contributed by atoms with Gasteiger partial charge in [-0.25, -0.2) is 0 Å². The molecule has 1 atom stereocenters. The maximum absolute atomic E-state index is 13.1. The van der Waals surface area contributed by atoms with Crippen molar-refractivity contribution in [3.8, 4) is 11.5 Å². The van der Waals surface area contributed by atoms with E-state index in [4.69, 9.17) is 9.47 Å². The third-order valence-corrected chi connectivity index (χ3v) is 5.47. The predicted molar refractivity (Wildman–Crippen MR) is 118 cm³/mol. The lowest BCUT2D eigenvalue weighted by molar-refractivity contribution is -0.123. The third-order valence-electron chi connectivity index (χ3n) is 4.82. The van der Waals surface area contributed by atoms with Crippen molar-refractivity contribution in [2.24, 2.45) is 0 Å². The van der Waals surface area contributed by atoms with Crippen molar-refractivity contribution in [2.45, 2.75) is 45.8 Å². The molecule has 1 aliphatic heterocycles. The van der Waals surface area contributed by atoms with E-state index in [0.717, 1.165) is 0 Å². The SMILES string of the molecule is CCn1cc(C(=O)N[C@@H](CCSC)C(=O)NC(C)C)c(=O)c2cc3c(cc21)OCO3. The smallest absolute Gasteiger partial charge is 0.257 e. The number of carbonyl (C=O) groups is 2. The summed E-state index contributed by atoms with van der Waals surface area (Å²) in [5.41, 5.74) is 0.257. The summed E-state index contributed by atoms with van der Waals surface area (Å²) in [7, 11) is 0. The van der Waals surface area contributed by atoms with Gasteiger partial charge >= 0.3 is 0 Å². The van der Waals surface area contributed by atoms with Gasteiger partial charge in [-0.1, -0.05) is 0 Å². The largest absolute Gasteiger partial charge is 0.454 e. The molecule has 2 aromatic rings. The summed E-state index contributed by atoms with van der Waals surface area (Å²) in [5, 5.41) is 5.95. The van der Waals surface area contributed by atoms with E-state index in [1.165, 1.54) is 6.20 Å². The number of rotatable bonds is 8. The molecule has 8 nitrogen and oxygen atoms in total. The lowest BCUT2D eigenvalue weighted by atomic mass is 10.1. The average molecular weight is 434 g/mol. The Labute approximate surface area is 179 Å². The first-order valence-corrected chi connectivity index (χ1v) is 11.3. The fourth-order valence-electron chi connectivity index (χ4n) is 3.33. The number of hydrogen-bond donors (Lipinski definition) is 2. The highest BCUT2D eigenvalue weighted by Gasteiger charge is 2.25. The summed E-state index contributed by atoms with van der Waals surface area (Å²) in [4.78, 5) is 38.6. The van der Waals surface area contributed by atoms with Gasteiger partial charge in [0.2, 0.25) is 18.1 Å². The van der Waals surface area contributed by atoms with Crippen LogP contribution in [0.3, 0.4) is 0 Å². The van der Waals surface area contributed by atoms with Crippen LogP contribution in [0.2, 0.25) is 0 Å². The van der Waals surface area contributed by atoms with E-state index in [1.54, 1.807) is 23.9 Å². The van der Waals surface area contributed by atoms with E-state index in [9.17, 15) is 14.4 Å². The molecular formula is C21H27N3O5S. The van der Waals surface area contributed by atoms with Gasteiger partial charge in [0.1, 0.15) is 11.6 Å². The molecule has 1 aliphatic rings. The van der Waals surface area contributed by atoms with E-state index < -0.39 is 17.4 Å².